The van der Waals surface area contributed by atoms with E-state index in [-0.39, 0.29) is 4.90 Å². The molecule has 0 amide bonds. The van der Waals surface area contributed by atoms with Crippen LogP contribution in [0.1, 0.15) is 15.4 Å². The lowest BCUT2D eigenvalue weighted by atomic mass is 10.2. The lowest BCUT2D eigenvalue weighted by Gasteiger charge is -2.03. The minimum Gasteiger partial charge on any atom is -0.478 e. The Bertz CT molecular complexity index is 704. The quantitative estimate of drug-likeness (QED) is 0.683. The molecule has 1 heterocycles. The van der Waals surface area contributed by atoms with Crippen LogP contribution >= 0.6 is 23.1 Å². The van der Waals surface area contributed by atoms with Crippen molar-refractivity contribution in [3.05, 3.63) is 38.6 Å². The Morgan fingerprint density at radius 3 is 2.70 bits per heavy atom. The zero-order valence-electron chi connectivity index (χ0n) is 9.86. The molecule has 0 bridgehead atoms. The van der Waals surface area contributed by atoms with Gasteiger partial charge in [-0.3, -0.25) is 10.1 Å². The standard InChI is InChI=1S/C10H6FN3O4S2/c1-4-12-13-10(19-4)20-8-3-6(11)5(9(15)16)2-7(8)14(17)18/h2-3H,1H3,(H,15,16). The number of carboxylic acids is 1. The van der Waals surface area contributed by atoms with Crippen molar-refractivity contribution in [3.63, 3.8) is 0 Å². The zero-order valence-corrected chi connectivity index (χ0v) is 11.5. The lowest BCUT2D eigenvalue weighted by molar-refractivity contribution is -0.387. The van der Waals surface area contributed by atoms with Gasteiger partial charge in [-0.1, -0.05) is 11.3 Å². The second-order valence-electron chi connectivity index (χ2n) is 3.55. The number of aryl methyl sites for hydroxylation is 1. The van der Waals surface area contributed by atoms with Gasteiger partial charge in [0, 0.05) is 6.07 Å². The summed E-state index contributed by atoms with van der Waals surface area (Å²) >= 11 is 2.07. The molecule has 0 saturated carbocycles. The van der Waals surface area contributed by atoms with Crippen molar-refractivity contribution in [2.24, 2.45) is 0 Å². The molecular weight excluding hydrogens is 309 g/mol. The molecule has 104 valence electrons. The van der Waals surface area contributed by atoms with Crippen molar-refractivity contribution >= 4 is 34.8 Å². The van der Waals surface area contributed by atoms with Crippen molar-refractivity contribution in [3.8, 4) is 0 Å². The molecule has 0 radical (unpaired) electrons. The predicted octanol–water partition coefficient (Wildman–Crippen LogP) is 2.74. The summed E-state index contributed by atoms with van der Waals surface area (Å²) in [4.78, 5) is 20.9. The van der Waals surface area contributed by atoms with E-state index in [2.05, 4.69) is 10.2 Å². The van der Waals surface area contributed by atoms with Crippen LogP contribution in [-0.2, 0) is 0 Å². The third kappa shape index (κ3) is 2.91. The van der Waals surface area contributed by atoms with Gasteiger partial charge in [-0.25, -0.2) is 9.18 Å². The molecule has 2 rings (SSSR count). The lowest BCUT2D eigenvalue weighted by Crippen LogP contribution is -2.03. The van der Waals surface area contributed by atoms with Crippen LogP contribution in [-0.4, -0.2) is 26.2 Å². The van der Waals surface area contributed by atoms with Crippen molar-refractivity contribution in [1.29, 1.82) is 0 Å². The number of rotatable bonds is 4. The molecule has 10 heteroatoms. The first-order chi connectivity index (χ1) is 9.38. The largest absolute Gasteiger partial charge is 0.478 e. The van der Waals surface area contributed by atoms with Crippen LogP contribution in [0.25, 0.3) is 0 Å². The first kappa shape index (κ1) is 14.3. The highest BCUT2D eigenvalue weighted by Crippen LogP contribution is 2.37. The molecule has 1 aromatic heterocycles. The Morgan fingerprint density at radius 2 is 2.20 bits per heavy atom. The maximum absolute atomic E-state index is 13.6. The van der Waals surface area contributed by atoms with Gasteiger partial charge in [-0.05, 0) is 24.8 Å². The van der Waals surface area contributed by atoms with E-state index in [1.807, 2.05) is 0 Å². The van der Waals surface area contributed by atoms with Crippen LogP contribution in [0.4, 0.5) is 10.1 Å². The van der Waals surface area contributed by atoms with E-state index < -0.39 is 28.0 Å². The molecule has 1 aromatic carbocycles. The van der Waals surface area contributed by atoms with Gasteiger partial charge in [-0.2, -0.15) is 0 Å². The van der Waals surface area contributed by atoms with Gasteiger partial charge in [-0.15, -0.1) is 10.2 Å². The monoisotopic (exact) mass is 315 g/mol. The maximum Gasteiger partial charge on any atom is 0.338 e. The molecule has 0 atom stereocenters. The molecule has 0 fully saturated rings. The van der Waals surface area contributed by atoms with Crippen molar-refractivity contribution in [1.82, 2.24) is 10.2 Å². The van der Waals surface area contributed by atoms with Crippen LogP contribution in [0.5, 0.6) is 0 Å². The van der Waals surface area contributed by atoms with E-state index in [9.17, 15) is 19.3 Å². The van der Waals surface area contributed by atoms with Crippen LogP contribution in [0.3, 0.4) is 0 Å². The summed E-state index contributed by atoms with van der Waals surface area (Å²) in [6, 6.07) is 1.52. The van der Waals surface area contributed by atoms with Crippen molar-refractivity contribution in [2.75, 3.05) is 0 Å². The SMILES string of the molecule is Cc1nnc(Sc2cc(F)c(C(=O)O)cc2[N+](=O)[O-])s1. The number of nitro groups is 1. The molecule has 2 aromatic rings. The summed E-state index contributed by atoms with van der Waals surface area (Å²) < 4.78 is 14.0. The van der Waals surface area contributed by atoms with Gasteiger partial charge in [0.05, 0.1) is 9.82 Å². The van der Waals surface area contributed by atoms with Gasteiger partial charge in [0.15, 0.2) is 4.34 Å². The number of hydrogen-bond donors (Lipinski definition) is 1. The Kier molecular flexibility index (Phi) is 3.95. The van der Waals surface area contributed by atoms with Gasteiger partial charge in [0.1, 0.15) is 16.4 Å². The average molecular weight is 315 g/mol. The zero-order chi connectivity index (χ0) is 14.9. The Balaban J connectivity index is 2.48. The number of carbonyl (C=O) groups is 1. The number of benzene rings is 1. The van der Waals surface area contributed by atoms with Crippen LogP contribution in [0.2, 0.25) is 0 Å². The maximum atomic E-state index is 13.6. The molecule has 0 aliphatic carbocycles. The number of nitrogens with zero attached hydrogens (tertiary/aromatic N) is 3. The second kappa shape index (κ2) is 5.51. The predicted molar refractivity (Wildman–Crippen MR) is 68.8 cm³/mol. The van der Waals surface area contributed by atoms with E-state index >= 15 is 0 Å². The fourth-order valence-electron chi connectivity index (χ4n) is 1.35. The highest BCUT2D eigenvalue weighted by molar-refractivity contribution is 8.01. The minimum absolute atomic E-state index is 0.0198. The molecule has 1 N–H and O–H groups in total. The van der Waals surface area contributed by atoms with E-state index in [0.29, 0.717) is 15.4 Å². The van der Waals surface area contributed by atoms with E-state index in [0.717, 1.165) is 17.8 Å². The van der Waals surface area contributed by atoms with Crippen LogP contribution in [0, 0.1) is 22.9 Å². The summed E-state index contributed by atoms with van der Waals surface area (Å²) in [5, 5.41) is 27.9. The Hall–Kier alpha value is -2.07. The highest BCUT2D eigenvalue weighted by atomic mass is 32.2. The molecule has 0 unspecified atom stereocenters. The first-order valence-corrected chi connectivity index (χ1v) is 6.71. The fourth-order valence-corrected chi connectivity index (χ4v) is 3.23. The van der Waals surface area contributed by atoms with Gasteiger partial charge < -0.3 is 5.11 Å². The molecule has 7 nitrogen and oxygen atoms in total. The average Bonchev–Trinajstić information content (AvgIpc) is 2.74. The van der Waals surface area contributed by atoms with Gasteiger partial charge in [0.2, 0.25) is 0 Å². The summed E-state index contributed by atoms with van der Waals surface area (Å²) in [6.45, 7) is 1.71. The van der Waals surface area contributed by atoms with E-state index in [4.69, 9.17) is 5.11 Å². The number of aromatic nitrogens is 2. The molecule has 20 heavy (non-hydrogen) atoms. The van der Waals surface area contributed by atoms with Crippen LogP contribution in [0.15, 0.2) is 21.4 Å². The van der Waals surface area contributed by atoms with Gasteiger partial charge in [0.25, 0.3) is 5.69 Å². The van der Waals surface area contributed by atoms with E-state index in [1.165, 1.54) is 11.3 Å². The van der Waals surface area contributed by atoms with Crippen LogP contribution < -0.4 is 0 Å². The third-order valence-electron chi connectivity index (χ3n) is 2.18. The van der Waals surface area contributed by atoms with Crippen molar-refractivity contribution in [2.45, 2.75) is 16.2 Å². The topological polar surface area (TPSA) is 106 Å². The number of hydrogen-bond acceptors (Lipinski definition) is 7. The number of halogens is 1. The number of carboxylic acid groups (broad SMARTS) is 1. The molecule has 0 spiro atoms. The third-order valence-corrected chi connectivity index (χ3v) is 4.12. The fraction of sp³-hybridized carbons (Fsp3) is 0.100. The first-order valence-electron chi connectivity index (χ1n) is 5.07. The number of aromatic carboxylic acids is 1. The smallest absolute Gasteiger partial charge is 0.338 e. The second-order valence-corrected chi connectivity index (χ2v) is 6.02. The summed E-state index contributed by atoms with van der Waals surface area (Å²) in [5.41, 5.74) is -1.23. The molecular formula is C10H6FN3O4S2. The minimum atomic E-state index is -1.56. The summed E-state index contributed by atoms with van der Waals surface area (Å²) in [7, 11) is 0. The molecule has 0 aliphatic rings. The normalized spacial score (nSPS) is 10.5. The van der Waals surface area contributed by atoms with E-state index in [1.54, 1.807) is 6.92 Å². The summed E-state index contributed by atoms with van der Waals surface area (Å²) in [5.74, 6) is -2.60. The molecule has 0 aliphatic heterocycles. The Morgan fingerprint density at radius 1 is 1.50 bits per heavy atom. The van der Waals surface area contributed by atoms with Crippen molar-refractivity contribution < 1.29 is 19.2 Å². The summed E-state index contributed by atoms with van der Waals surface area (Å²) in [6.07, 6.45) is 0. The highest BCUT2D eigenvalue weighted by Gasteiger charge is 2.23. The Labute approximate surface area is 119 Å². The molecule has 0 saturated heterocycles. The number of nitro benzene ring substituents is 1. The van der Waals surface area contributed by atoms with Gasteiger partial charge >= 0.3 is 5.97 Å².